The molecule has 0 unspecified atom stereocenters. The molecule has 6 nitrogen and oxygen atoms in total. The van der Waals surface area contributed by atoms with E-state index in [2.05, 4.69) is 11.2 Å². The average Bonchev–Trinajstić information content (AvgIpc) is 2.96. The summed E-state index contributed by atoms with van der Waals surface area (Å²) in [5, 5.41) is 13.8. The van der Waals surface area contributed by atoms with Crippen LogP contribution in [0.5, 0.6) is 0 Å². The highest BCUT2D eigenvalue weighted by atomic mass is 35.5. The SMILES string of the molecule is CC(C)(C)OC(=O)N1CC(Cn2cc(-c3ccc(C#N)cc3Cl)cn2)C1. The van der Waals surface area contributed by atoms with E-state index in [9.17, 15) is 4.79 Å². The fourth-order valence-corrected chi connectivity index (χ4v) is 3.14. The molecule has 2 heterocycles. The Balaban J connectivity index is 1.58. The number of ether oxygens (including phenoxy) is 1. The highest BCUT2D eigenvalue weighted by molar-refractivity contribution is 6.33. The molecule has 3 rings (SSSR count). The summed E-state index contributed by atoms with van der Waals surface area (Å²) < 4.78 is 7.22. The smallest absolute Gasteiger partial charge is 0.410 e. The number of carbonyl (C=O) groups is 1. The van der Waals surface area contributed by atoms with Crippen LogP contribution in [0.1, 0.15) is 26.3 Å². The van der Waals surface area contributed by atoms with Crippen molar-refractivity contribution in [3.05, 3.63) is 41.2 Å². The van der Waals surface area contributed by atoms with Crippen molar-refractivity contribution in [2.24, 2.45) is 5.92 Å². The number of benzene rings is 1. The van der Waals surface area contributed by atoms with Crippen molar-refractivity contribution in [3.8, 4) is 17.2 Å². The molecule has 1 aliphatic rings. The molecule has 0 spiro atoms. The van der Waals surface area contributed by atoms with E-state index in [0.29, 0.717) is 29.6 Å². The first-order chi connectivity index (χ1) is 12.2. The molecule has 26 heavy (non-hydrogen) atoms. The van der Waals surface area contributed by atoms with Crippen molar-refractivity contribution < 1.29 is 9.53 Å². The summed E-state index contributed by atoms with van der Waals surface area (Å²) in [4.78, 5) is 13.7. The summed E-state index contributed by atoms with van der Waals surface area (Å²) in [6, 6.07) is 7.29. The number of amides is 1. The maximum absolute atomic E-state index is 12.0. The zero-order valence-corrected chi connectivity index (χ0v) is 15.8. The highest BCUT2D eigenvalue weighted by Crippen LogP contribution is 2.29. The van der Waals surface area contributed by atoms with Crippen LogP contribution in [0, 0.1) is 17.2 Å². The van der Waals surface area contributed by atoms with Gasteiger partial charge in [0.25, 0.3) is 0 Å². The Morgan fingerprint density at radius 2 is 2.15 bits per heavy atom. The lowest BCUT2D eigenvalue weighted by Gasteiger charge is -2.39. The van der Waals surface area contributed by atoms with Crippen LogP contribution in [0.3, 0.4) is 0 Å². The summed E-state index contributed by atoms with van der Waals surface area (Å²) in [6.45, 7) is 7.65. The number of rotatable bonds is 3. The molecule has 1 aromatic carbocycles. The molecule has 0 aliphatic carbocycles. The lowest BCUT2D eigenvalue weighted by Crippen LogP contribution is -2.52. The van der Waals surface area contributed by atoms with Crippen molar-refractivity contribution in [2.75, 3.05) is 13.1 Å². The minimum Gasteiger partial charge on any atom is -0.444 e. The number of halogens is 1. The van der Waals surface area contributed by atoms with Gasteiger partial charge in [0.1, 0.15) is 5.60 Å². The van der Waals surface area contributed by atoms with E-state index in [4.69, 9.17) is 21.6 Å². The molecule has 0 saturated carbocycles. The second kappa shape index (κ2) is 7.00. The molecule has 1 saturated heterocycles. The van der Waals surface area contributed by atoms with Crippen molar-refractivity contribution >= 4 is 17.7 Å². The fraction of sp³-hybridized carbons (Fsp3) is 0.421. The first-order valence-electron chi connectivity index (χ1n) is 8.45. The zero-order chi connectivity index (χ0) is 18.9. The lowest BCUT2D eigenvalue weighted by molar-refractivity contribution is -0.00383. The largest absolute Gasteiger partial charge is 0.444 e. The van der Waals surface area contributed by atoms with Crippen molar-refractivity contribution in [1.82, 2.24) is 14.7 Å². The van der Waals surface area contributed by atoms with Gasteiger partial charge in [0.05, 0.1) is 17.8 Å². The van der Waals surface area contributed by atoms with Gasteiger partial charge < -0.3 is 9.64 Å². The molecule has 136 valence electrons. The third kappa shape index (κ3) is 4.17. The van der Waals surface area contributed by atoms with Crippen molar-refractivity contribution in [3.63, 3.8) is 0 Å². The predicted octanol–water partition coefficient (Wildman–Crippen LogP) is 3.94. The monoisotopic (exact) mass is 372 g/mol. The van der Waals surface area contributed by atoms with E-state index in [1.807, 2.05) is 37.7 Å². The van der Waals surface area contributed by atoms with Gasteiger partial charge in [-0.25, -0.2) is 4.79 Å². The second-order valence-electron chi connectivity index (χ2n) is 7.51. The van der Waals surface area contributed by atoms with Crippen LogP contribution in [0.25, 0.3) is 11.1 Å². The van der Waals surface area contributed by atoms with Gasteiger partial charge in [0.15, 0.2) is 0 Å². The molecule has 1 fully saturated rings. The van der Waals surface area contributed by atoms with Crippen LogP contribution < -0.4 is 0 Å². The van der Waals surface area contributed by atoms with Gasteiger partial charge in [-0.3, -0.25) is 4.68 Å². The molecular formula is C19H21ClN4O2. The molecule has 0 bridgehead atoms. The number of nitrogens with zero attached hydrogens (tertiary/aromatic N) is 4. The predicted molar refractivity (Wildman–Crippen MR) is 98.7 cm³/mol. The number of nitriles is 1. The zero-order valence-electron chi connectivity index (χ0n) is 15.1. The topological polar surface area (TPSA) is 71.2 Å². The van der Waals surface area contributed by atoms with E-state index in [1.54, 1.807) is 23.2 Å². The molecule has 0 N–H and O–H groups in total. The van der Waals surface area contributed by atoms with E-state index in [-0.39, 0.29) is 6.09 Å². The minimum absolute atomic E-state index is 0.265. The average molecular weight is 373 g/mol. The third-order valence-corrected chi connectivity index (χ3v) is 4.41. The fourth-order valence-electron chi connectivity index (χ4n) is 2.85. The molecular weight excluding hydrogens is 352 g/mol. The number of hydrogen-bond donors (Lipinski definition) is 0. The lowest BCUT2D eigenvalue weighted by atomic mass is 10.0. The Bertz CT molecular complexity index is 857. The summed E-state index contributed by atoms with van der Waals surface area (Å²) in [7, 11) is 0. The van der Waals surface area contributed by atoms with Crippen molar-refractivity contribution in [2.45, 2.75) is 32.9 Å². The van der Waals surface area contributed by atoms with Gasteiger partial charge in [-0.1, -0.05) is 17.7 Å². The summed E-state index contributed by atoms with van der Waals surface area (Å²) in [6.07, 6.45) is 3.43. The standard InChI is InChI=1S/C19H21ClN4O2/c1-19(2,3)26-18(25)23-9-14(10-23)11-24-12-15(8-22-24)16-5-4-13(7-21)6-17(16)20/h4-6,8,12,14H,9-11H2,1-3H3. The van der Waals surface area contributed by atoms with Crippen LogP contribution in [0.2, 0.25) is 5.02 Å². The van der Waals surface area contributed by atoms with Gasteiger partial charge >= 0.3 is 6.09 Å². The highest BCUT2D eigenvalue weighted by Gasteiger charge is 2.33. The maximum Gasteiger partial charge on any atom is 0.410 e. The first kappa shape index (κ1) is 18.3. The second-order valence-corrected chi connectivity index (χ2v) is 7.92. The first-order valence-corrected chi connectivity index (χ1v) is 8.83. The summed E-state index contributed by atoms with van der Waals surface area (Å²) in [5.74, 6) is 0.353. The summed E-state index contributed by atoms with van der Waals surface area (Å²) >= 11 is 6.26. The van der Waals surface area contributed by atoms with Crippen LogP contribution in [-0.4, -0.2) is 39.5 Å². The molecule has 1 aliphatic heterocycles. The molecule has 0 atom stereocenters. The van der Waals surface area contributed by atoms with Crippen molar-refractivity contribution in [1.29, 1.82) is 5.26 Å². The molecule has 7 heteroatoms. The minimum atomic E-state index is -0.473. The molecule has 1 amide bonds. The van der Waals surface area contributed by atoms with Gasteiger partial charge in [0.2, 0.25) is 0 Å². The number of likely N-dealkylation sites (tertiary alicyclic amines) is 1. The van der Waals surface area contributed by atoms with E-state index in [1.165, 1.54) is 0 Å². The van der Waals surface area contributed by atoms with Gasteiger partial charge in [0, 0.05) is 47.9 Å². The Hall–Kier alpha value is -2.52. The molecule has 1 aromatic heterocycles. The molecule has 0 radical (unpaired) electrons. The van der Waals surface area contributed by atoms with E-state index in [0.717, 1.165) is 17.7 Å². The third-order valence-electron chi connectivity index (χ3n) is 4.10. The van der Waals surface area contributed by atoms with E-state index >= 15 is 0 Å². The normalized spacial score (nSPS) is 14.7. The van der Waals surface area contributed by atoms with Crippen LogP contribution >= 0.6 is 11.6 Å². The van der Waals surface area contributed by atoms with Gasteiger partial charge in [-0.15, -0.1) is 0 Å². The Kier molecular flexibility index (Phi) is 4.92. The van der Waals surface area contributed by atoms with Crippen LogP contribution in [0.15, 0.2) is 30.6 Å². The van der Waals surface area contributed by atoms with Crippen LogP contribution in [-0.2, 0) is 11.3 Å². The Morgan fingerprint density at radius 3 is 2.77 bits per heavy atom. The van der Waals surface area contributed by atoms with Crippen LogP contribution in [0.4, 0.5) is 4.79 Å². The summed E-state index contributed by atoms with van der Waals surface area (Å²) in [5.41, 5.74) is 1.81. The maximum atomic E-state index is 12.0. The van der Waals surface area contributed by atoms with E-state index < -0.39 is 5.60 Å². The quantitative estimate of drug-likeness (QED) is 0.818. The number of hydrogen-bond acceptors (Lipinski definition) is 4. The van der Waals surface area contributed by atoms with Gasteiger partial charge in [-0.05, 0) is 32.9 Å². The number of carbonyl (C=O) groups excluding carboxylic acids is 1. The Labute approximate surface area is 157 Å². The molecule has 2 aromatic rings. The Morgan fingerprint density at radius 1 is 1.42 bits per heavy atom. The van der Waals surface area contributed by atoms with Gasteiger partial charge in [-0.2, -0.15) is 10.4 Å². The number of aromatic nitrogens is 2.